The van der Waals surface area contributed by atoms with E-state index in [4.69, 9.17) is 18.9 Å². The van der Waals surface area contributed by atoms with Gasteiger partial charge in [0.05, 0.1) is 34.4 Å². The monoisotopic (exact) mass is 1250 g/mol. The van der Waals surface area contributed by atoms with E-state index in [1.807, 2.05) is 21.1 Å². The van der Waals surface area contributed by atoms with Gasteiger partial charge in [0.25, 0.3) is 6.29 Å². The van der Waals surface area contributed by atoms with Crippen molar-refractivity contribution in [1.82, 2.24) is 0 Å². The lowest BCUT2D eigenvalue weighted by Gasteiger charge is -2.25. The normalized spacial score (nSPS) is 14.1. The SMILES string of the molecule is CC/C=C\C/C=C\C/C=C\C/C=C\C/C=C\C/C=C\C/C=C\C/C=C\C/C=C\C/C=C\C/C=C\C/C=C\CCCCCCC(=O)OC(COC(=O)CCCCCCCC/C=C\C/C=C\C/C=C\C/C=C\C/C=C\C/C=C\CC)COC(OCC[N+](C)(C)C)C(=O)O. The number of rotatable bonds is 61. The first-order valence-corrected chi connectivity index (χ1v) is 34.9. The summed E-state index contributed by atoms with van der Waals surface area (Å²) in [6, 6.07) is 0. The van der Waals surface area contributed by atoms with Crippen molar-refractivity contribution in [2.24, 2.45) is 0 Å². The van der Waals surface area contributed by atoms with Gasteiger partial charge in [-0.25, -0.2) is 4.79 Å². The zero-order valence-electron chi connectivity index (χ0n) is 57.6. The number of carbonyl (C=O) groups is 3. The number of hydrogen-bond donors (Lipinski definition) is 1. The van der Waals surface area contributed by atoms with Gasteiger partial charge in [-0.05, 0) is 154 Å². The van der Waals surface area contributed by atoms with Crippen LogP contribution in [0.5, 0.6) is 0 Å². The minimum Gasteiger partial charge on any atom is -0.477 e. The van der Waals surface area contributed by atoms with Crippen LogP contribution in [-0.2, 0) is 33.3 Å². The van der Waals surface area contributed by atoms with Gasteiger partial charge in [-0.2, -0.15) is 0 Å². The minimum absolute atomic E-state index is 0.167. The number of carboxylic acids is 1. The second kappa shape index (κ2) is 69.5. The van der Waals surface area contributed by atoms with Crippen molar-refractivity contribution < 1.29 is 42.9 Å². The van der Waals surface area contributed by atoms with Crippen LogP contribution in [0.25, 0.3) is 0 Å². The van der Waals surface area contributed by atoms with Crippen molar-refractivity contribution in [3.63, 3.8) is 0 Å². The van der Waals surface area contributed by atoms with E-state index in [0.717, 1.165) is 180 Å². The van der Waals surface area contributed by atoms with Crippen LogP contribution in [0.2, 0.25) is 0 Å². The maximum absolute atomic E-state index is 12.9. The van der Waals surface area contributed by atoms with Gasteiger partial charge in [-0.3, -0.25) is 9.59 Å². The average Bonchev–Trinajstić information content (AvgIpc) is 3.53. The average molecular weight is 1250 g/mol. The number of esters is 2. The lowest BCUT2D eigenvalue weighted by Crippen LogP contribution is -2.40. The summed E-state index contributed by atoms with van der Waals surface area (Å²) in [5, 5.41) is 9.74. The summed E-state index contributed by atoms with van der Waals surface area (Å²) in [5.74, 6) is -2.09. The van der Waals surface area contributed by atoms with E-state index >= 15 is 0 Å². The Labute approximate surface area is 556 Å². The summed E-state index contributed by atoms with van der Waals surface area (Å²) in [6.45, 7) is 4.56. The Bertz CT molecular complexity index is 2300. The largest absolute Gasteiger partial charge is 0.477 e. The van der Waals surface area contributed by atoms with Crippen LogP contribution < -0.4 is 0 Å². The molecule has 9 heteroatoms. The van der Waals surface area contributed by atoms with E-state index in [0.29, 0.717) is 23.9 Å². The number of likely N-dealkylation sites (N-methyl/N-ethyl adjacent to an activating group) is 1. The molecule has 0 fully saturated rings. The molecule has 9 nitrogen and oxygen atoms in total. The fourth-order valence-corrected chi connectivity index (χ4v) is 8.47. The highest BCUT2D eigenvalue weighted by Crippen LogP contribution is 2.13. The topological polar surface area (TPSA) is 108 Å². The zero-order valence-corrected chi connectivity index (χ0v) is 57.6. The lowest BCUT2D eigenvalue weighted by molar-refractivity contribution is -0.870. The lowest BCUT2D eigenvalue weighted by atomic mass is 10.1. The number of carboxylic acid groups (broad SMARTS) is 1. The third-order valence-corrected chi connectivity index (χ3v) is 13.7. The Morgan fingerprint density at radius 1 is 0.330 bits per heavy atom. The highest BCUT2D eigenvalue weighted by Gasteiger charge is 2.25. The number of quaternary nitrogens is 1. The predicted molar refractivity (Wildman–Crippen MR) is 391 cm³/mol. The van der Waals surface area contributed by atoms with E-state index < -0.39 is 24.3 Å². The summed E-state index contributed by atoms with van der Waals surface area (Å²) in [5.41, 5.74) is 0. The van der Waals surface area contributed by atoms with Gasteiger partial charge in [-0.15, -0.1) is 0 Å². The molecule has 0 aliphatic heterocycles. The molecule has 91 heavy (non-hydrogen) atoms. The number of carbonyl (C=O) groups excluding carboxylic acids is 2. The van der Waals surface area contributed by atoms with Gasteiger partial charge < -0.3 is 28.5 Å². The molecule has 0 saturated heterocycles. The van der Waals surface area contributed by atoms with Crippen LogP contribution in [0, 0.1) is 0 Å². The summed E-state index contributed by atoms with van der Waals surface area (Å²) >= 11 is 0. The molecule has 506 valence electrons. The van der Waals surface area contributed by atoms with Crippen LogP contribution in [-0.4, -0.2) is 87.4 Å². The molecule has 0 aliphatic rings. The van der Waals surface area contributed by atoms with Crippen molar-refractivity contribution in [3.8, 4) is 0 Å². The highest BCUT2D eigenvalue weighted by molar-refractivity contribution is 5.71. The molecular weight excluding hydrogens is 1130 g/mol. The van der Waals surface area contributed by atoms with Crippen LogP contribution in [0.3, 0.4) is 0 Å². The molecule has 0 amide bonds. The maximum Gasteiger partial charge on any atom is 0.361 e. The standard InChI is InChI=1S/C82H125NO8/c1-6-8-10-12-14-16-18-20-22-24-26-28-30-32-33-34-35-36-37-38-39-40-41-42-43-44-45-46-47-49-51-53-55-57-59-61-63-65-67-69-71-73-80(85)91-78(77-90-82(81(86)87)88-75-74-83(3,4)5)76-89-79(84)72-70-68-66-64-62-60-58-56-54-52-50-48-31-29-27-25-23-21-19-17-15-13-11-9-7-2/h8-11,14-17,20-23,26-29,32-33,35-36,38-39,41-42,44-45,47-50,53-56,59,61,78,82H,6-7,12-13,18-19,24-25,30-31,34,37,40,43,46,51-52,57-58,60,62-77H2,1-5H3/p+1/b10-8-,11-9-,16-14-,17-15-,22-20-,23-21-,28-26-,29-27-,33-32-,36-35-,39-38-,42-41-,45-44-,49-47-,50-48-,55-53-,56-54-,61-59-. The van der Waals surface area contributed by atoms with Gasteiger partial charge >= 0.3 is 17.9 Å². The summed E-state index contributed by atoms with van der Waals surface area (Å²) in [6.07, 6.45) is 108. The molecule has 2 unspecified atom stereocenters. The molecule has 0 aromatic heterocycles. The number of hydrogen-bond acceptors (Lipinski definition) is 7. The molecule has 0 heterocycles. The molecule has 0 aromatic rings. The van der Waals surface area contributed by atoms with Gasteiger partial charge in [0, 0.05) is 12.8 Å². The fourth-order valence-electron chi connectivity index (χ4n) is 8.47. The van der Waals surface area contributed by atoms with Crippen LogP contribution in [0.1, 0.15) is 219 Å². The molecule has 0 aromatic carbocycles. The number of aliphatic carboxylic acids is 1. The summed E-state index contributed by atoms with van der Waals surface area (Å²) < 4.78 is 22.9. The van der Waals surface area contributed by atoms with Crippen LogP contribution in [0.15, 0.2) is 219 Å². The Kier molecular flexibility index (Phi) is 64.6. The molecule has 0 bridgehead atoms. The van der Waals surface area contributed by atoms with Crippen molar-refractivity contribution in [2.75, 3.05) is 47.5 Å². The molecular formula is C82H126NO8+. The molecule has 0 saturated carbocycles. The summed E-state index contributed by atoms with van der Waals surface area (Å²) in [4.78, 5) is 37.6. The van der Waals surface area contributed by atoms with Crippen molar-refractivity contribution in [1.29, 1.82) is 0 Å². The molecule has 0 radical (unpaired) electrons. The second-order valence-corrected chi connectivity index (χ2v) is 23.4. The van der Waals surface area contributed by atoms with E-state index in [9.17, 15) is 19.5 Å². The fraction of sp³-hybridized carbons (Fsp3) is 0.524. The molecule has 0 spiro atoms. The van der Waals surface area contributed by atoms with Gasteiger partial charge in [0.1, 0.15) is 13.2 Å². The van der Waals surface area contributed by atoms with Crippen LogP contribution >= 0.6 is 0 Å². The number of unbranched alkanes of at least 4 members (excludes halogenated alkanes) is 10. The van der Waals surface area contributed by atoms with Crippen molar-refractivity contribution >= 4 is 17.9 Å². The third-order valence-electron chi connectivity index (χ3n) is 13.7. The first kappa shape index (κ1) is 84.6. The minimum atomic E-state index is -1.54. The maximum atomic E-state index is 12.9. The van der Waals surface area contributed by atoms with E-state index in [1.54, 1.807) is 0 Å². The van der Waals surface area contributed by atoms with E-state index in [1.165, 1.54) is 0 Å². The highest BCUT2D eigenvalue weighted by atomic mass is 16.7. The number of allylic oxidation sites excluding steroid dienone is 36. The third kappa shape index (κ3) is 70.9. The Hall–Kier alpha value is -6.39. The van der Waals surface area contributed by atoms with E-state index in [-0.39, 0.29) is 38.6 Å². The first-order chi connectivity index (χ1) is 44.6. The zero-order chi connectivity index (χ0) is 66.1. The quantitative estimate of drug-likeness (QED) is 0.0211. The van der Waals surface area contributed by atoms with E-state index in [2.05, 4.69) is 233 Å². The van der Waals surface area contributed by atoms with Gasteiger partial charge in [-0.1, -0.05) is 271 Å². The summed E-state index contributed by atoms with van der Waals surface area (Å²) in [7, 11) is 5.94. The predicted octanol–water partition coefficient (Wildman–Crippen LogP) is 22.1. The second-order valence-electron chi connectivity index (χ2n) is 23.4. The molecule has 0 aliphatic carbocycles. The smallest absolute Gasteiger partial charge is 0.361 e. The molecule has 2 atom stereocenters. The number of ether oxygens (including phenoxy) is 4. The van der Waals surface area contributed by atoms with Crippen molar-refractivity contribution in [2.45, 2.75) is 232 Å². The van der Waals surface area contributed by atoms with Gasteiger partial charge in [0.15, 0.2) is 6.10 Å². The van der Waals surface area contributed by atoms with Crippen LogP contribution in [0.4, 0.5) is 0 Å². The molecule has 0 rings (SSSR count). The van der Waals surface area contributed by atoms with Crippen molar-refractivity contribution in [3.05, 3.63) is 219 Å². The Morgan fingerprint density at radius 3 is 0.879 bits per heavy atom. The molecule has 1 N–H and O–H groups in total. The number of nitrogens with zero attached hydrogens (tertiary/aromatic N) is 1. The Balaban J connectivity index is 4.30. The Morgan fingerprint density at radius 2 is 0.593 bits per heavy atom. The first-order valence-electron chi connectivity index (χ1n) is 34.9. The van der Waals surface area contributed by atoms with Gasteiger partial charge in [0.2, 0.25) is 0 Å².